The van der Waals surface area contributed by atoms with E-state index in [1.807, 2.05) is 20.8 Å². The number of amides is 1. The minimum atomic E-state index is -0.436. The number of rotatable bonds is 4. The van der Waals surface area contributed by atoms with Gasteiger partial charge in [0.1, 0.15) is 5.60 Å². The van der Waals surface area contributed by atoms with Gasteiger partial charge in [-0.1, -0.05) is 0 Å². The number of hydrogen-bond donors (Lipinski definition) is 2. The third-order valence-corrected chi connectivity index (χ3v) is 4.32. The van der Waals surface area contributed by atoms with E-state index in [0.29, 0.717) is 6.04 Å². The monoisotopic (exact) mass is 307 g/mol. The number of nitrogens with zero attached hydrogens (tertiary/aromatic N) is 1. The van der Waals surface area contributed by atoms with E-state index in [1.54, 1.807) is 0 Å². The van der Waals surface area contributed by atoms with Crippen LogP contribution in [0.3, 0.4) is 0 Å². The van der Waals surface area contributed by atoms with Crippen LogP contribution in [0.1, 0.15) is 50.6 Å². The summed E-state index contributed by atoms with van der Waals surface area (Å²) < 4.78 is 7.48. The van der Waals surface area contributed by atoms with Crippen LogP contribution in [0.5, 0.6) is 0 Å². The van der Waals surface area contributed by atoms with Crippen molar-refractivity contribution in [1.82, 2.24) is 15.2 Å². The molecule has 0 spiro atoms. The van der Waals surface area contributed by atoms with Crippen LogP contribution in [0.25, 0.3) is 0 Å². The lowest BCUT2D eigenvalue weighted by molar-refractivity contribution is 0.0465. The molecule has 1 fully saturated rings. The zero-order chi connectivity index (χ0) is 16.5. The summed E-state index contributed by atoms with van der Waals surface area (Å²) in [7, 11) is 2.10. The number of nitrogens with one attached hydrogen (secondary N) is 2. The molecular formula is C17H29N3O2. The number of ether oxygens (including phenoxy) is 1. The molecule has 0 aromatic carbocycles. The van der Waals surface area contributed by atoms with Gasteiger partial charge in [0.05, 0.1) is 0 Å². The minimum absolute atomic E-state index is 0.228. The fourth-order valence-corrected chi connectivity index (χ4v) is 2.74. The Kier molecular flexibility index (Phi) is 4.85. The molecule has 1 heterocycles. The first-order valence-electron chi connectivity index (χ1n) is 8.00. The average Bonchev–Trinajstić information content (AvgIpc) is 2.57. The van der Waals surface area contributed by atoms with Crippen LogP contribution in [-0.2, 0) is 18.3 Å². The van der Waals surface area contributed by atoms with Crippen molar-refractivity contribution in [3.05, 3.63) is 23.0 Å². The Morgan fingerprint density at radius 2 is 1.95 bits per heavy atom. The molecule has 5 nitrogen and oxygen atoms in total. The lowest BCUT2D eigenvalue weighted by Gasteiger charge is -2.36. The maximum atomic E-state index is 11.7. The van der Waals surface area contributed by atoms with Gasteiger partial charge in [-0.3, -0.25) is 0 Å². The van der Waals surface area contributed by atoms with E-state index >= 15 is 0 Å². The zero-order valence-corrected chi connectivity index (χ0v) is 14.6. The lowest BCUT2D eigenvalue weighted by Crippen LogP contribution is -2.53. The summed E-state index contributed by atoms with van der Waals surface area (Å²) in [5, 5.41) is 6.48. The summed E-state index contributed by atoms with van der Waals surface area (Å²) >= 11 is 0. The molecule has 1 aromatic heterocycles. The number of carbonyl (C=O) groups is 1. The molecule has 0 aliphatic heterocycles. The highest BCUT2D eigenvalue weighted by Gasteiger charge is 2.31. The highest BCUT2D eigenvalue weighted by atomic mass is 16.6. The van der Waals surface area contributed by atoms with Crippen molar-refractivity contribution in [2.45, 2.75) is 71.7 Å². The Morgan fingerprint density at radius 1 is 1.32 bits per heavy atom. The molecular weight excluding hydrogens is 278 g/mol. The zero-order valence-electron chi connectivity index (χ0n) is 14.6. The first-order chi connectivity index (χ1) is 10.2. The number of carbonyl (C=O) groups excluding carboxylic acids is 1. The van der Waals surface area contributed by atoms with Crippen molar-refractivity contribution in [3.8, 4) is 0 Å². The quantitative estimate of drug-likeness (QED) is 0.899. The van der Waals surface area contributed by atoms with Gasteiger partial charge >= 0.3 is 6.09 Å². The smallest absolute Gasteiger partial charge is 0.407 e. The van der Waals surface area contributed by atoms with E-state index in [2.05, 4.69) is 42.2 Å². The van der Waals surface area contributed by atoms with Gasteiger partial charge in [-0.25, -0.2) is 4.79 Å². The molecule has 0 radical (unpaired) electrons. The van der Waals surface area contributed by atoms with Crippen molar-refractivity contribution in [3.63, 3.8) is 0 Å². The fourth-order valence-electron chi connectivity index (χ4n) is 2.74. The molecule has 1 aliphatic rings. The van der Waals surface area contributed by atoms with Crippen LogP contribution in [-0.4, -0.2) is 28.3 Å². The van der Waals surface area contributed by atoms with Gasteiger partial charge in [0.25, 0.3) is 0 Å². The highest BCUT2D eigenvalue weighted by molar-refractivity contribution is 5.68. The van der Waals surface area contributed by atoms with Crippen molar-refractivity contribution in [2.75, 3.05) is 0 Å². The summed E-state index contributed by atoms with van der Waals surface area (Å²) in [6, 6.07) is 2.93. The summed E-state index contributed by atoms with van der Waals surface area (Å²) in [6.07, 6.45) is 1.61. The van der Waals surface area contributed by atoms with Crippen molar-refractivity contribution < 1.29 is 9.53 Å². The summed E-state index contributed by atoms with van der Waals surface area (Å²) in [6.45, 7) is 10.8. The normalized spacial score (nSPS) is 21.4. The molecule has 1 aromatic rings. The number of alkyl carbamates (subject to hydrolysis) is 1. The molecule has 5 heteroatoms. The van der Waals surface area contributed by atoms with Crippen LogP contribution < -0.4 is 10.6 Å². The van der Waals surface area contributed by atoms with Gasteiger partial charge in [0, 0.05) is 37.1 Å². The Hall–Kier alpha value is -1.49. The molecule has 2 rings (SSSR count). The lowest BCUT2D eigenvalue weighted by atomic mass is 9.87. The Labute approximate surface area is 133 Å². The van der Waals surface area contributed by atoms with E-state index in [4.69, 9.17) is 4.74 Å². The molecule has 1 amide bonds. The van der Waals surface area contributed by atoms with Crippen LogP contribution in [0, 0.1) is 13.8 Å². The van der Waals surface area contributed by atoms with Crippen LogP contribution >= 0.6 is 0 Å². The highest BCUT2D eigenvalue weighted by Crippen LogP contribution is 2.22. The maximum absolute atomic E-state index is 11.7. The molecule has 0 saturated heterocycles. The van der Waals surface area contributed by atoms with Gasteiger partial charge in [-0.05, 0) is 59.1 Å². The van der Waals surface area contributed by atoms with E-state index in [1.165, 1.54) is 17.0 Å². The second kappa shape index (κ2) is 6.32. The summed E-state index contributed by atoms with van der Waals surface area (Å²) in [5.74, 6) is 0. The van der Waals surface area contributed by atoms with Crippen molar-refractivity contribution in [2.24, 2.45) is 7.05 Å². The van der Waals surface area contributed by atoms with Crippen LogP contribution in [0.2, 0.25) is 0 Å². The Bertz CT molecular complexity index is 537. The van der Waals surface area contributed by atoms with E-state index in [9.17, 15) is 4.79 Å². The SMILES string of the molecule is Cc1cc(CNC2CC(NC(=O)OC(C)(C)C)C2)c(C)n1C. The molecule has 2 N–H and O–H groups in total. The number of aromatic nitrogens is 1. The van der Waals surface area contributed by atoms with Crippen LogP contribution in [0.4, 0.5) is 4.79 Å². The fraction of sp³-hybridized carbons (Fsp3) is 0.706. The molecule has 0 bridgehead atoms. The number of hydrogen-bond acceptors (Lipinski definition) is 3. The summed E-state index contributed by atoms with van der Waals surface area (Å²) in [5.41, 5.74) is 3.51. The van der Waals surface area contributed by atoms with Gasteiger partial charge in [0.2, 0.25) is 0 Å². The third-order valence-electron chi connectivity index (χ3n) is 4.32. The standard InChI is InChI=1S/C17H29N3O2/c1-11-7-13(12(2)20(11)6)10-18-14-8-15(9-14)19-16(21)22-17(3,4)5/h7,14-15,18H,8-10H2,1-6H3,(H,19,21). The van der Waals surface area contributed by atoms with E-state index < -0.39 is 5.60 Å². The number of aryl methyl sites for hydroxylation is 1. The predicted octanol–water partition coefficient (Wildman–Crippen LogP) is 2.79. The minimum Gasteiger partial charge on any atom is -0.444 e. The molecule has 0 atom stereocenters. The average molecular weight is 307 g/mol. The third kappa shape index (κ3) is 4.26. The molecule has 1 aliphatic carbocycles. The topological polar surface area (TPSA) is 55.3 Å². The van der Waals surface area contributed by atoms with E-state index in [0.717, 1.165) is 19.4 Å². The van der Waals surface area contributed by atoms with Gasteiger partial charge < -0.3 is 19.9 Å². The second-order valence-corrected chi connectivity index (χ2v) is 7.35. The first-order valence-corrected chi connectivity index (χ1v) is 8.00. The van der Waals surface area contributed by atoms with E-state index in [-0.39, 0.29) is 12.1 Å². The van der Waals surface area contributed by atoms with Gasteiger partial charge in [-0.15, -0.1) is 0 Å². The van der Waals surface area contributed by atoms with Crippen molar-refractivity contribution in [1.29, 1.82) is 0 Å². The van der Waals surface area contributed by atoms with Crippen molar-refractivity contribution >= 4 is 6.09 Å². The van der Waals surface area contributed by atoms with Gasteiger partial charge in [-0.2, -0.15) is 0 Å². The molecule has 124 valence electrons. The molecule has 22 heavy (non-hydrogen) atoms. The predicted molar refractivity (Wildman–Crippen MR) is 87.9 cm³/mol. The van der Waals surface area contributed by atoms with Gasteiger partial charge in [0.15, 0.2) is 0 Å². The largest absolute Gasteiger partial charge is 0.444 e. The maximum Gasteiger partial charge on any atom is 0.407 e. The Morgan fingerprint density at radius 3 is 2.45 bits per heavy atom. The molecule has 1 saturated carbocycles. The molecule has 0 unspecified atom stereocenters. The second-order valence-electron chi connectivity index (χ2n) is 7.35. The Balaban J connectivity index is 1.69. The summed E-state index contributed by atoms with van der Waals surface area (Å²) in [4.78, 5) is 11.7. The first kappa shape index (κ1) is 16.9. The van der Waals surface area contributed by atoms with Crippen LogP contribution in [0.15, 0.2) is 6.07 Å².